The molecule has 0 aromatic heterocycles. The van der Waals surface area contributed by atoms with Crippen molar-refractivity contribution in [3.8, 4) is 0 Å². The average molecular weight is 367 g/mol. The van der Waals surface area contributed by atoms with E-state index in [1.54, 1.807) is 29.2 Å². The first-order valence-corrected chi connectivity index (χ1v) is 9.56. The maximum Gasteiger partial charge on any atom is 0.253 e. The van der Waals surface area contributed by atoms with Gasteiger partial charge in [0.2, 0.25) is 5.91 Å². The summed E-state index contributed by atoms with van der Waals surface area (Å²) in [4.78, 5) is 26.3. The molecule has 1 atom stereocenters. The smallest absolute Gasteiger partial charge is 0.253 e. The largest absolute Gasteiger partial charge is 0.339 e. The average Bonchev–Trinajstić information content (AvgIpc) is 2.70. The Morgan fingerprint density at radius 2 is 1.56 bits per heavy atom. The number of amides is 2. The Hall–Kier alpha value is -2.66. The van der Waals surface area contributed by atoms with Crippen LogP contribution in [0.2, 0.25) is 0 Å². The summed E-state index contributed by atoms with van der Waals surface area (Å²) in [5, 5.41) is 6.16. The highest BCUT2D eigenvalue weighted by molar-refractivity contribution is 5.96. The van der Waals surface area contributed by atoms with Crippen molar-refractivity contribution < 1.29 is 9.59 Å². The third-order valence-corrected chi connectivity index (χ3v) is 4.59. The van der Waals surface area contributed by atoms with Crippen molar-refractivity contribution in [2.45, 2.75) is 33.2 Å². The zero-order valence-corrected chi connectivity index (χ0v) is 16.4. The third-order valence-electron chi connectivity index (χ3n) is 4.59. The first-order chi connectivity index (χ1) is 13.1. The molecule has 2 aromatic rings. The summed E-state index contributed by atoms with van der Waals surface area (Å²) >= 11 is 0. The maximum absolute atomic E-state index is 12.3. The number of carbonyl (C=O) groups is 2. The van der Waals surface area contributed by atoms with E-state index in [4.69, 9.17) is 0 Å². The molecule has 5 nitrogen and oxygen atoms in total. The molecule has 0 radical (unpaired) electrons. The second-order valence-corrected chi connectivity index (χ2v) is 6.36. The van der Waals surface area contributed by atoms with Crippen molar-refractivity contribution in [3.05, 3.63) is 65.7 Å². The lowest BCUT2D eigenvalue weighted by molar-refractivity contribution is -0.115. The van der Waals surface area contributed by atoms with Crippen LogP contribution in [0.5, 0.6) is 0 Å². The molecule has 5 heteroatoms. The van der Waals surface area contributed by atoms with Crippen molar-refractivity contribution in [2.24, 2.45) is 0 Å². The Balaban J connectivity index is 1.89. The number of benzene rings is 2. The van der Waals surface area contributed by atoms with Crippen LogP contribution < -0.4 is 10.6 Å². The standard InChI is InChI=1S/C22H29N3O2/c1-4-20(17-10-8-7-9-11-17)23-16-21(26)24-19-14-12-18(13-15-19)22(27)25(5-2)6-3/h7-15,20,23H,4-6,16H2,1-3H3,(H,24,26). The lowest BCUT2D eigenvalue weighted by Gasteiger charge is -2.19. The zero-order chi connectivity index (χ0) is 19.6. The molecule has 2 N–H and O–H groups in total. The Morgan fingerprint density at radius 1 is 0.926 bits per heavy atom. The molecule has 0 saturated carbocycles. The van der Waals surface area contributed by atoms with Gasteiger partial charge in [-0.15, -0.1) is 0 Å². The van der Waals surface area contributed by atoms with Crippen LogP contribution in [0.4, 0.5) is 5.69 Å². The summed E-state index contributed by atoms with van der Waals surface area (Å²) in [5.41, 5.74) is 2.49. The molecular weight excluding hydrogens is 338 g/mol. The van der Waals surface area contributed by atoms with Crippen LogP contribution in [-0.2, 0) is 4.79 Å². The van der Waals surface area contributed by atoms with Gasteiger partial charge in [0.15, 0.2) is 0 Å². The molecule has 0 heterocycles. The van der Waals surface area contributed by atoms with E-state index in [0.29, 0.717) is 24.3 Å². The van der Waals surface area contributed by atoms with Crippen LogP contribution >= 0.6 is 0 Å². The molecule has 0 aliphatic heterocycles. The molecule has 144 valence electrons. The highest BCUT2D eigenvalue weighted by Gasteiger charge is 2.13. The van der Waals surface area contributed by atoms with Gasteiger partial charge >= 0.3 is 0 Å². The van der Waals surface area contributed by atoms with Crippen molar-refractivity contribution in [1.82, 2.24) is 10.2 Å². The quantitative estimate of drug-likeness (QED) is 0.708. The van der Waals surface area contributed by atoms with Gasteiger partial charge in [-0.25, -0.2) is 0 Å². The molecule has 2 aromatic carbocycles. The van der Waals surface area contributed by atoms with E-state index >= 15 is 0 Å². The van der Waals surface area contributed by atoms with Gasteiger partial charge in [-0.2, -0.15) is 0 Å². The number of carbonyl (C=O) groups excluding carboxylic acids is 2. The van der Waals surface area contributed by atoms with Gasteiger partial charge in [-0.05, 0) is 50.1 Å². The fourth-order valence-corrected chi connectivity index (χ4v) is 2.99. The van der Waals surface area contributed by atoms with Gasteiger partial charge in [0, 0.05) is 30.4 Å². The summed E-state index contributed by atoms with van der Waals surface area (Å²) in [6.07, 6.45) is 0.902. The van der Waals surface area contributed by atoms with Crippen LogP contribution in [-0.4, -0.2) is 36.3 Å². The van der Waals surface area contributed by atoms with Gasteiger partial charge in [0.1, 0.15) is 0 Å². The molecule has 0 spiro atoms. The monoisotopic (exact) mass is 367 g/mol. The van der Waals surface area contributed by atoms with E-state index in [1.807, 2.05) is 32.0 Å². The predicted octanol–water partition coefficient (Wildman–Crippen LogP) is 3.85. The maximum atomic E-state index is 12.3. The zero-order valence-electron chi connectivity index (χ0n) is 16.4. The SMILES string of the molecule is CCC(NCC(=O)Nc1ccc(C(=O)N(CC)CC)cc1)c1ccccc1. The van der Waals surface area contributed by atoms with Gasteiger partial charge in [-0.3, -0.25) is 9.59 Å². The molecule has 1 unspecified atom stereocenters. The summed E-state index contributed by atoms with van der Waals surface area (Å²) < 4.78 is 0. The molecule has 2 rings (SSSR count). The van der Waals surface area contributed by atoms with E-state index < -0.39 is 0 Å². The lowest BCUT2D eigenvalue weighted by atomic mass is 10.0. The molecule has 0 aliphatic rings. The van der Waals surface area contributed by atoms with E-state index in [2.05, 4.69) is 29.7 Å². The van der Waals surface area contributed by atoms with Crippen LogP contribution in [0.1, 0.15) is 49.2 Å². The lowest BCUT2D eigenvalue weighted by Crippen LogP contribution is -2.31. The highest BCUT2D eigenvalue weighted by atomic mass is 16.2. The Labute approximate surface area is 161 Å². The number of nitrogens with zero attached hydrogens (tertiary/aromatic N) is 1. The van der Waals surface area contributed by atoms with Gasteiger partial charge in [-0.1, -0.05) is 37.3 Å². The van der Waals surface area contributed by atoms with Crippen molar-refractivity contribution >= 4 is 17.5 Å². The Kier molecular flexibility index (Phi) is 8.01. The number of anilines is 1. The van der Waals surface area contributed by atoms with E-state index in [9.17, 15) is 9.59 Å². The van der Waals surface area contributed by atoms with Gasteiger partial charge in [0.25, 0.3) is 5.91 Å². The van der Waals surface area contributed by atoms with Crippen LogP contribution in [0.25, 0.3) is 0 Å². The van der Waals surface area contributed by atoms with Crippen molar-refractivity contribution in [1.29, 1.82) is 0 Å². The molecule has 2 amide bonds. The summed E-state index contributed by atoms with van der Waals surface area (Å²) in [6, 6.07) is 17.3. The number of rotatable bonds is 9. The van der Waals surface area contributed by atoms with Crippen molar-refractivity contribution in [2.75, 3.05) is 25.0 Å². The minimum absolute atomic E-state index is 0.00759. The first-order valence-electron chi connectivity index (χ1n) is 9.56. The highest BCUT2D eigenvalue weighted by Crippen LogP contribution is 2.16. The van der Waals surface area contributed by atoms with E-state index in [1.165, 1.54) is 5.56 Å². The number of hydrogen-bond acceptors (Lipinski definition) is 3. The summed E-state index contributed by atoms with van der Waals surface area (Å²) in [5.74, 6) is -0.0969. The molecule has 0 aliphatic carbocycles. The fourth-order valence-electron chi connectivity index (χ4n) is 2.99. The molecule has 0 saturated heterocycles. The summed E-state index contributed by atoms with van der Waals surface area (Å²) in [6.45, 7) is 7.60. The molecular formula is C22H29N3O2. The number of nitrogens with one attached hydrogen (secondary N) is 2. The topological polar surface area (TPSA) is 61.4 Å². The Morgan fingerprint density at radius 3 is 2.11 bits per heavy atom. The molecule has 0 bridgehead atoms. The van der Waals surface area contributed by atoms with Crippen LogP contribution in [0, 0.1) is 0 Å². The summed E-state index contributed by atoms with van der Waals surface area (Å²) in [7, 11) is 0. The second kappa shape index (κ2) is 10.5. The van der Waals surface area contributed by atoms with E-state index in [-0.39, 0.29) is 24.4 Å². The number of hydrogen-bond donors (Lipinski definition) is 2. The predicted molar refractivity (Wildman–Crippen MR) is 110 cm³/mol. The second-order valence-electron chi connectivity index (χ2n) is 6.36. The normalized spacial score (nSPS) is 11.7. The molecule has 27 heavy (non-hydrogen) atoms. The van der Waals surface area contributed by atoms with Crippen LogP contribution in [0.3, 0.4) is 0 Å². The fraction of sp³-hybridized carbons (Fsp3) is 0.364. The minimum atomic E-state index is -0.104. The third kappa shape index (κ3) is 5.93. The van der Waals surface area contributed by atoms with Crippen molar-refractivity contribution in [3.63, 3.8) is 0 Å². The van der Waals surface area contributed by atoms with Gasteiger partial charge in [0.05, 0.1) is 6.54 Å². The Bertz CT molecular complexity index is 725. The first kappa shape index (κ1) is 20.6. The molecule has 0 fully saturated rings. The van der Waals surface area contributed by atoms with E-state index in [0.717, 1.165) is 6.42 Å². The van der Waals surface area contributed by atoms with Crippen LogP contribution in [0.15, 0.2) is 54.6 Å². The van der Waals surface area contributed by atoms with Gasteiger partial charge < -0.3 is 15.5 Å². The minimum Gasteiger partial charge on any atom is -0.339 e.